The Labute approximate surface area is 198 Å². The zero-order valence-electron chi connectivity index (χ0n) is 17.9. The summed E-state index contributed by atoms with van der Waals surface area (Å²) in [5.74, 6) is 1.27. The van der Waals surface area contributed by atoms with Crippen molar-refractivity contribution in [3.8, 4) is 28.5 Å². The smallest absolute Gasteiger partial charge is 0.282 e. The first-order chi connectivity index (χ1) is 15.4. The van der Waals surface area contributed by atoms with Crippen molar-refractivity contribution in [3.63, 3.8) is 0 Å². The van der Waals surface area contributed by atoms with Crippen LogP contribution in [0.25, 0.3) is 17.3 Å². The number of hydrazone groups is 1. The summed E-state index contributed by atoms with van der Waals surface area (Å²) in [6.07, 6.45) is 1.76. The zero-order valence-corrected chi connectivity index (χ0v) is 20.3. The van der Waals surface area contributed by atoms with Crippen LogP contribution in [0, 0.1) is 0 Å². The largest absolute Gasteiger partial charge is 0.493 e. The molecular weight excluding hydrogens is 494 g/mol. The minimum atomic E-state index is -0.243. The number of halogens is 1. The van der Waals surface area contributed by atoms with Gasteiger partial charge in [-0.05, 0) is 42.8 Å². The van der Waals surface area contributed by atoms with Crippen molar-refractivity contribution in [1.82, 2.24) is 4.98 Å². The lowest BCUT2D eigenvalue weighted by molar-refractivity contribution is -0.114. The highest BCUT2D eigenvalue weighted by molar-refractivity contribution is 9.10. The standard InChI is InChI=1S/C23H20BrN3O4S/c1-13-17(9-14-10-19(29-2)21(31-4)20(11-14)30-3)22(28)27(26-13)23-25-18(12-32-23)15-5-7-16(24)8-6-15/h5-12H,1-4H3/b17-9+. The van der Waals surface area contributed by atoms with Gasteiger partial charge in [0.25, 0.3) is 5.91 Å². The molecule has 9 heteroatoms. The number of benzene rings is 2. The summed E-state index contributed by atoms with van der Waals surface area (Å²) in [6, 6.07) is 11.4. The average molecular weight is 514 g/mol. The molecule has 0 unspecified atom stereocenters. The number of amides is 1. The van der Waals surface area contributed by atoms with Crippen LogP contribution in [0.3, 0.4) is 0 Å². The average Bonchev–Trinajstić information content (AvgIpc) is 3.39. The topological polar surface area (TPSA) is 73.2 Å². The van der Waals surface area contributed by atoms with E-state index in [9.17, 15) is 4.79 Å². The fourth-order valence-electron chi connectivity index (χ4n) is 3.28. The van der Waals surface area contributed by atoms with Gasteiger partial charge in [0.05, 0.1) is 38.3 Å². The number of carbonyl (C=O) groups is 1. The van der Waals surface area contributed by atoms with Gasteiger partial charge >= 0.3 is 0 Å². The van der Waals surface area contributed by atoms with Crippen LogP contribution < -0.4 is 19.2 Å². The third kappa shape index (κ3) is 4.13. The van der Waals surface area contributed by atoms with Gasteiger partial charge in [-0.2, -0.15) is 10.1 Å². The van der Waals surface area contributed by atoms with Crippen LogP contribution in [-0.4, -0.2) is 37.9 Å². The molecule has 0 fully saturated rings. The van der Waals surface area contributed by atoms with Crippen LogP contribution in [-0.2, 0) is 4.79 Å². The van der Waals surface area contributed by atoms with Crippen LogP contribution in [0.15, 0.2) is 56.9 Å². The lowest BCUT2D eigenvalue weighted by Gasteiger charge is -2.13. The van der Waals surface area contributed by atoms with Crippen LogP contribution >= 0.6 is 27.3 Å². The Kier molecular flexibility index (Phi) is 6.29. The number of methoxy groups -OCH3 is 3. The lowest BCUT2D eigenvalue weighted by Crippen LogP contribution is -2.21. The Morgan fingerprint density at radius 3 is 2.28 bits per heavy atom. The monoisotopic (exact) mass is 513 g/mol. The van der Waals surface area contributed by atoms with Crippen molar-refractivity contribution in [3.05, 3.63) is 57.4 Å². The number of anilines is 1. The van der Waals surface area contributed by atoms with Crippen LogP contribution in [0.2, 0.25) is 0 Å². The number of thiazole rings is 1. The van der Waals surface area contributed by atoms with E-state index in [1.807, 2.05) is 29.6 Å². The summed E-state index contributed by atoms with van der Waals surface area (Å²) in [4.78, 5) is 17.8. The van der Waals surface area contributed by atoms with E-state index < -0.39 is 0 Å². The normalized spacial score (nSPS) is 14.7. The van der Waals surface area contributed by atoms with E-state index >= 15 is 0 Å². The van der Waals surface area contributed by atoms with Gasteiger partial charge in [-0.1, -0.05) is 28.1 Å². The molecule has 0 saturated heterocycles. The molecule has 1 aromatic heterocycles. The molecule has 32 heavy (non-hydrogen) atoms. The van der Waals surface area contributed by atoms with Crippen molar-refractivity contribution in [1.29, 1.82) is 0 Å². The fourth-order valence-corrected chi connectivity index (χ4v) is 4.32. The van der Waals surface area contributed by atoms with E-state index in [4.69, 9.17) is 14.2 Å². The summed E-state index contributed by atoms with van der Waals surface area (Å²) in [6.45, 7) is 1.80. The van der Waals surface area contributed by atoms with E-state index in [0.717, 1.165) is 21.3 Å². The van der Waals surface area contributed by atoms with Crippen molar-refractivity contribution < 1.29 is 19.0 Å². The van der Waals surface area contributed by atoms with Crippen molar-refractivity contribution in [2.75, 3.05) is 26.3 Å². The molecule has 164 valence electrons. The molecule has 1 amide bonds. The Morgan fingerprint density at radius 2 is 1.69 bits per heavy atom. The highest BCUT2D eigenvalue weighted by Crippen LogP contribution is 2.39. The summed E-state index contributed by atoms with van der Waals surface area (Å²) < 4.78 is 17.2. The van der Waals surface area contributed by atoms with E-state index in [1.54, 1.807) is 46.5 Å². The Bertz CT molecular complexity index is 1210. The predicted octanol–water partition coefficient (Wildman–Crippen LogP) is 5.40. The van der Waals surface area contributed by atoms with Crippen LogP contribution in [0.1, 0.15) is 12.5 Å². The first-order valence-electron chi connectivity index (χ1n) is 9.58. The third-order valence-corrected chi connectivity index (χ3v) is 6.22. The second-order valence-corrected chi connectivity index (χ2v) is 8.59. The number of hydrogen-bond donors (Lipinski definition) is 0. The molecule has 2 heterocycles. The van der Waals surface area contributed by atoms with Gasteiger partial charge in [0, 0.05) is 15.4 Å². The Balaban J connectivity index is 1.65. The molecule has 1 aliphatic heterocycles. The van der Waals surface area contributed by atoms with Gasteiger partial charge in [0.2, 0.25) is 10.9 Å². The maximum absolute atomic E-state index is 13.2. The highest BCUT2D eigenvalue weighted by Gasteiger charge is 2.31. The summed E-state index contributed by atoms with van der Waals surface area (Å²) in [5, 5.41) is 8.21. The highest BCUT2D eigenvalue weighted by atomic mass is 79.9. The van der Waals surface area contributed by atoms with Gasteiger partial charge in [0.1, 0.15) is 0 Å². The first-order valence-corrected chi connectivity index (χ1v) is 11.3. The molecule has 3 aromatic rings. The van der Waals surface area contributed by atoms with E-state index in [1.165, 1.54) is 16.3 Å². The summed E-state index contributed by atoms with van der Waals surface area (Å²) in [7, 11) is 4.65. The summed E-state index contributed by atoms with van der Waals surface area (Å²) >= 11 is 4.80. The van der Waals surface area contributed by atoms with Gasteiger partial charge in [-0.3, -0.25) is 4.79 Å². The Morgan fingerprint density at radius 1 is 1.03 bits per heavy atom. The maximum atomic E-state index is 13.2. The molecule has 2 aromatic carbocycles. The second-order valence-electron chi connectivity index (χ2n) is 6.84. The molecule has 0 atom stereocenters. The van der Waals surface area contributed by atoms with Gasteiger partial charge < -0.3 is 14.2 Å². The minimum Gasteiger partial charge on any atom is -0.493 e. The first kappa shape index (κ1) is 22.0. The van der Waals surface area contributed by atoms with Crippen LogP contribution in [0.4, 0.5) is 5.13 Å². The van der Waals surface area contributed by atoms with Gasteiger partial charge in [-0.25, -0.2) is 4.98 Å². The fraction of sp³-hybridized carbons (Fsp3) is 0.174. The zero-order chi connectivity index (χ0) is 22.8. The number of rotatable bonds is 6. The number of hydrogen-bond acceptors (Lipinski definition) is 7. The number of nitrogens with zero attached hydrogens (tertiary/aromatic N) is 3. The number of carbonyl (C=O) groups excluding carboxylic acids is 1. The summed E-state index contributed by atoms with van der Waals surface area (Å²) in [5.41, 5.74) is 3.56. The molecular formula is C23H20BrN3O4S. The molecule has 0 spiro atoms. The molecule has 0 bridgehead atoms. The van der Waals surface area contributed by atoms with Crippen molar-refractivity contribution >= 4 is 50.1 Å². The van der Waals surface area contributed by atoms with Gasteiger partial charge in [-0.15, -0.1) is 11.3 Å². The van der Waals surface area contributed by atoms with E-state index in [2.05, 4.69) is 26.0 Å². The molecule has 0 radical (unpaired) electrons. The maximum Gasteiger partial charge on any atom is 0.282 e. The molecule has 0 aliphatic carbocycles. The third-order valence-electron chi connectivity index (χ3n) is 4.87. The molecule has 0 N–H and O–H groups in total. The van der Waals surface area contributed by atoms with Gasteiger partial charge in [0.15, 0.2) is 11.5 Å². The molecule has 0 saturated carbocycles. The number of aromatic nitrogens is 1. The Hall–Kier alpha value is -3.17. The number of ether oxygens (including phenoxy) is 3. The SMILES string of the molecule is COc1cc(/C=C2/C(=O)N(c3nc(-c4ccc(Br)cc4)cs3)N=C2C)cc(OC)c1OC. The van der Waals surface area contributed by atoms with Crippen molar-refractivity contribution in [2.24, 2.45) is 5.10 Å². The molecule has 4 rings (SSSR count). The van der Waals surface area contributed by atoms with E-state index in [0.29, 0.717) is 33.7 Å². The molecule has 1 aliphatic rings. The van der Waals surface area contributed by atoms with Crippen LogP contribution in [0.5, 0.6) is 17.2 Å². The van der Waals surface area contributed by atoms with E-state index in [-0.39, 0.29) is 5.91 Å². The van der Waals surface area contributed by atoms with Crippen molar-refractivity contribution in [2.45, 2.75) is 6.92 Å². The second kappa shape index (κ2) is 9.13. The minimum absolute atomic E-state index is 0.243. The quantitative estimate of drug-likeness (QED) is 0.412. The molecule has 7 nitrogen and oxygen atoms in total. The predicted molar refractivity (Wildman–Crippen MR) is 130 cm³/mol. The lowest BCUT2D eigenvalue weighted by atomic mass is 10.1.